The van der Waals surface area contributed by atoms with Crippen molar-refractivity contribution in [2.45, 2.75) is 6.54 Å². The molecule has 0 fully saturated rings. The number of hydrogen-bond acceptors (Lipinski definition) is 5. The van der Waals surface area contributed by atoms with Gasteiger partial charge in [-0.15, -0.1) is 10.2 Å². The molecule has 140 valence electrons. The van der Waals surface area contributed by atoms with E-state index >= 15 is 0 Å². The van der Waals surface area contributed by atoms with Crippen molar-refractivity contribution >= 4 is 5.91 Å². The number of hydrogen-bond donors (Lipinski definition) is 1. The topological polar surface area (TPSA) is 85.8 Å². The quantitative estimate of drug-likeness (QED) is 0.577. The Hall–Kier alpha value is -3.81. The Morgan fingerprint density at radius 1 is 1.07 bits per heavy atom. The van der Waals surface area contributed by atoms with E-state index in [0.29, 0.717) is 17.5 Å². The molecule has 1 N–H and O–H groups in total. The third-order valence-electron chi connectivity index (χ3n) is 4.14. The molecule has 4 aromatic rings. The highest BCUT2D eigenvalue weighted by atomic mass is 19.1. The molecule has 2 aromatic heterocycles. The highest BCUT2D eigenvalue weighted by Crippen LogP contribution is 2.20. The van der Waals surface area contributed by atoms with Gasteiger partial charge in [0.2, 0.25) is 11.8 Å². The summed E-state index contributed by atoms with van der Waals surface area (Å²) in [5.41, 5.74) is 2.51. The summed E-state index contributed by atoms with van der Waals surface area (Å²) in [7, 11) is 1.72. The van der Waals surface area contributed by atoms with Crippen LogP contribution in [-0.2, 0) is 13.6 Å². The minimum Gasteiger partial charge on any atom is -0.419 e. The van der Waals surface area contributed by atoms with Gasteiger partial charge in [-0.3, -0.25) is 9.48 Å². The van der Waals surface area contributed by atoms with Crippen molar-refractivity contribution in [3.63, 3.8) is 0 Å². The van der Waals surface area contributed by atoms with Gasteiger partial charge in [-0.2, -0.15) is 5.10 Å². The molecule has 0 aliphatic carbocycles. The Labute approximate surface area is 159 Å². The van der Waals surface area contributed by atoms with E-state index in [9.17, 15) is 9.18 Å². The van der Waals surface area contributed by atoms with E-state index in [-0.39, 0.29) is 24.0 Å². The molecule has 0 unspecified atom stereocenters. The van der Waals surface area contributed by atoms with E-state index in [1.54, 1.807) is 29.9 Å². The zero-order valence-corrected chi connectivity index (χ0v) is 15.0. The molecule has 0 bridgehead atoms. The number of aromatic nitrogens is 4. The lowest BCUT2D eigenvalue weighted by Gasteiger charge is -2.00. The van der Waals surface area contributed by atoms with Gasteiger partial charge in [0.15, 0.2) is 5.69 Å². The van der Waals surface area contributed by atoms with Gasteiger partial charge in [0.1, 0.15) is 5.82 Å². The highest BCUT2D eigenvalue weighted by Gasteiger charge is 2.15. The van der Waals surface area contributed by atoms with Gasteiger partial charge in [0, 0.05) is 12.6 Å². The molecule has 0 saturated carbocycles. The van der Waals surface area contributed by atoms with Crippen molar-refractivity contribution in [2.24, 2.45) is 7.05 Å². The molecule has 0 spiro atoms. The molecule has 0 aliphatic rings. The Kier molecular flexibility index (Phi) is 4.67. The van der Waals surface area contributed by atoms with Gasteiger partial charge in [0.25, 0.3) is 5.91 Å². The first-order valence-electron chi connectivity index (χ1n) is 8.56. The van der Waals surface area contributed by atoms with E-state index in [1.165, 1.54) is 12.1 Å². The maximum absolute atomic E-state index is 13.1. The fourth-order valence-electron chi connectivity index (χ4n) is 2.74. The Bertz CT molecular complexity index is 1100. The average Bonchev–Trinajstić information content (AvgIpc) is 3.34. The second kappa shape index (κ2) is 7.43. The normalized spacial score (nSPS) is 10.8. The maximum Gasteiger partial charge on any atom is 0.272 e. The third kappa shape index (κ3) is 3.66. The summed E-state index contributed by atoms with van der Waals surface area (Å²) in [5, 5.41) is 14.9. The van der Waals surface area contributed by atoms with Crippen molar-refractivity contribution in [1.29, 1.82) is 0 Å². The largest absolute Gasteiger partial charge is 0.419 e. The van der Waals surface area contributed by atoms with Crippen LogP contribution in [0.15, 0.2) is 65.1 Å². The smallest absolute Gasteiger partial charge is 0.272 e. The number of carbonyl (C=O) groups excluding carboxylic acids is 1. The number of rotatable bonds is 5. The number of halogens is 1. The molecule has 28 heavy (non-hydrogen) atoms. The Morgan fingerprint density at radius 3 is 2.57 bits per heavy atom. The van der Waals surface area contributed by atoms with Crippen LogP contribution in [0, 0.1) is 5.82 Å². The molecule has 8 heteroatoms. The maximum atomic E-state index is 13.1. The Morgan fingerprint density at radius 2 is 1.82 bits per heavy atom. The Balaban J connectivity index is 1.44. The molecule has 0 aliphatic heterocycles. The predicted molar refractivity (Wildman–Crippen MR) is 99.5 cm³/mol. The van der Waals surface area contributed by atoms with Crippen molar-refractivity contribution in [2.75, 3.05) is 0 Å². The fraction of sp³-hybridized carbons (Fsp3) is 0.100. The van der Waals surface area contributed by atoms with E-state index in [4.69, 9.17) is 4.42 Å². The third-order valence-corrected chi connectivity index (χ3v) is 4.14. The highest BCUT2D eigenvalue weighted by molar-refractivity contribution is 5.93. The molecule has 1 amide bonds. The van der Waals surface area contributed by atoms with Gasteiger partial charge >= 0.3 is 0 Å². The standard InChI is InChI=1S/C20H16FN5O2/c1-26-17(13-7-9-15(21)10-8-13)11-16(25-26)19(27)22-12-18-23-24-20(28-18)14-5-3-2-4-6-14/h2-11H,12H2,1H3,(H,22,27). The first-order valence-corrected chi connectivity index (χ1v) is 8.56. The minimum atomic E-state index is -0.372. The van der Waals surface area contributed by atoms with Crippen LogP contribution >= 0.6 is 0 Å². The summed E-state index contributed by atoms with van der Waals surface area (Å²) in [5.74, 6) is -0.00934. The zero-order valence-electron chi connectivity index (χ0n) is 15.0. The molecular weight excluding hydrogens is 361 g/mol. The summed E-state index contributed by atoms with van der Waals surface area (Å²) < 4.78 is 20.2. The van der Waals surface area contributed by atoms with Crippen LogP contribution in [0.3, 0.4) is 0 Å². The molecule has 2 aromatic carbocycles. The second-order valence-corrected chi connectivity index (χ2v) is 6.09. The number of benzene rings is 2. The minimum absolute atomic E-state index is 0.0844. The fourth-order valence-corrected chi connectivity index (χ4v) is 2.74. The van der Waals surface area contributed by atoms with Crippen molar-refractivity contribution in [1.82, 2.24) is 25.3 Å². The summed E-state index contributed by atoms with van der Waals surface area (Å²) in [6.07, 6.45) is 0. The lowest BCUT2D eigenvalue weighted by Crippen LogP contribution is -2.23. The van der Waals surface area contributed by atoms with Gasteiger partial charge in [-0.25, -0.2) is 4.39 Å². The van der Waals surface area contributed by atoms with Crippen molar-refractivity contribution in [3.8, 4) is 22.7 Å². The molecule has 0 saturated heterocycles. The second-order valence-electron chi connectivity index (χ2n) is 6.09. The molecular formula is C20H16FN5O2. The molecule has 0 atom stereocenters. The van der Waals surface area contributed by atoms with Crippen LogP contribution in [0.5, 0.6) is 0 Å². The summed E-state index contributed by atoms with van der Waals surface area (Å²) >= 11 is 0. The van der Waals surface area contributed by atoms with Crippen LogP contribution in [0.4, 0.5) is 4.39 Å². The molecule has 7 nitrogen and oxygen atoms in total. The number of carbonyl (C=O) groups is 1. The first kappa shape index (κ1) is 17.6. The van der Waals surface area contributed by atoms with E-state index in [0.717, 1.165) is 11.1 Å². The first-order chi connectivity index (χ1) is 13.6. The average molecular weight is 377 g/mol. The summed E-state index contributed by atoms with van der Waals surface area (Å²) in [4.78, 5) is 12.4. The molecule has 4 rings (SSSR count). The van der Waals surface area contributed by atoms with Crippen LogP contribution in [0.2, 0.25) is 0 Å². The SMILES string of the molecule is Cn1nc(C(=O)NCc2nnc(-c3ccccc3)o2)cc1-c1ccc(F)cc1. The lowest BCUT2D eigenvalue weighted by molar-refractivity contribution is 0.0941. The van der Waals surface area contributed by atoms with E-state index in [1.807, 2.05) is 30.3 Å². The van der Waals surface area contributed by atoms with Gasteiger partial charge in [-0.1, -0.05) is 18.2 Å². The van der Waals surface area contributed by atoms with Crippen LogP contribution < -0.4 is 5.32 Å². The molecule has 2 heterocycles. The summed E-state index contributed by atoms with van der Waals surface area (Å²) in [6, 6.07) is 17.0. The van der Waals surface area contributed by atoms with Crippen LogP contribution in [-0.4, -0.2) is 25.9 Å². The monoisotopic (exact) mass is 377 g/mol. The van der Waals surface area contributed by atoms with Crippen LogP contribution in [0.25, 0.3) is 22.7 Å². The number of nitrogens with one attached hydrogen (secondary N) is 1. The predicted octanol–water partition coefficient (Wildman–Crippen LogP) is 3.21. The lowest BCUT2D eigenvalue weighted by atomic mass is 10.1. The van der Waals surface area contributed by atoms with E-state index < -0.39 is 0 Å². The van der Waals surface area contributed by atoms with E-state index in [2.05, 4.69) is 20.6 Å². The number of aryl methyl sites for hydroxylation is 1. The van der Waals surface area contributed by atoms with Gasteiger partial charge in [-0.05, 0) is 48.0 Å². The molecule has 0 radical (unpaired) electrons. The zero-order chi connectivity index (χ0) is 19.5. The number of nitrogens with zero attached hydrogens (tertiary/aromatic N) is 4. The van der Waals surface area contributed by atoms with Crippen LogP contribution in [0.1, 0.15) is 16.4 Å². The van der Waals surface area contributed by atoms with Crippen molar-refractivity contribution in [3.05, 3.63) is 78.1 Å². The summed E-state index contributed by atoms with van der Waals surface area (Å²) in [6.45, 7) is 0.0844. The van der Waals surface area contributed by atoms with Crippen molar-refractivity contribution < 1.29 is 13.6 Å². The van der Waals surface area contributed by atoms with Gasteiger partial charge < -0.3 is 9.73 Å². The van der Waals surface area contributed by atoms with Gasteiger partial charge in [0.05, 0.1) is 12.2 Å². The number of amides is 1.